The topological polar surface area (TPSA) is 98.3 Å². The molecule has 20 heavy (non-hydrogen) atoms. The van der Waals surface area contributed by atoms with Crippen molar-refractivity contribution in [1.29, 1.82) is 0 Å². The Hall–Kier alpha value is -2.02. The first kappa shape index (κ1) is 16.0. The van der Waals surface area contributed by atoms with E-state index in [0.717, 1.165) is 18.2 Å². The lowest BCUT2D eigenvalue weighted by atomic mass is 10.0. The van der Waals surface area contributed by atoms with Crippen molar-refractivity contribution in [2.24, 2.45) is 11.7 Å². The molecule has 0 radical (unpaired) electrons. The van der Waals surface area contributed by atoms with Crippen LogP contribution < -0.4 is 11.1 Å². The number of nitro groups is 1. The maximum absolute atomic E-state index is 13.6. The van der Waals surface area contributed by atoms with Crippen molar-refractivity contribution in [2.45, 2.75) is 26.3 Å². The zero-order chi connectivity index (χ0) is 15.3. The summed E-state index contributed by atoms with van der Waals surface area (Å²) in [6.45, 7) is 4.17. The minimum Gasteiger partial charge on any atom is -0.348 e. The smallest absolute Gasteiger partial charge is 0.270 e. The summed E-state index contributed by atoms with van der Waals surface area (Å²) in [7, 11) is 0. The van der Waals surface area contributed by atoms with Crippen molar-refractivity contribution >= 4 is 11.6 Å². The van der Waals surface area contributed by atoms with Crippen LogP contribution in [0.25, 0.3) is 0 Å². The van der Waals surface area contributed by atoms with Crippen LogP contribution in [0.1, 0.15) is 30.6 Å². The molecule has 6 nitrogen and oxygen atoms in total. The van der Waals surface area contributed by atoms with Gasteiger partial charge in [-0.2, -0.15) is 0 Å². The van der Waals surface area contributed by atoms with Gasteiger partial charge < -0.3 is 11.1 Å². The Morgan fingerprint density at radius 1 is 1.50 bits per heavy atom. The number of amides is 1. The summed E-state index contributed by atoms with van der Waals surface area (Å²) >= 11 is 0. The lowest BCUT2D eigenvalue weighted by Gasteiger charge is -2.18. The number of halogens is 1. The monoisotopic (exact) mass is 283 g/mol. The average Bonchev–Trinajstić information content (AvgIpc) is 2.37. The van der Waals surface area contributed by atoms with Gasteiger partial charge in [0.1, 0.15) is 5.82 Å². The summed E-state index contributed by atoms with van der Waals surface area (Å²) in [6, 6.07) is 2.56. The zero-order valence-electron chi connectivity index (χ0n) is 11.4. The Balaban J connectivity index is 2.91. The first-order chi connectivity index (χ1) is 9.35. The number of nitrogens with zero attached hydrogens (tertiary/aromatic N) is 1. The Bertz CT molecular complexity index is 506. The van der Waals surface area contributed by atoms with Gasteiger partial charge in [-0.25, -0.2) is 4.39 Å². The first-order valence-corrected chi connectivity index (χ1v) is 6.30. The number of hydrogen-bond donors (Lipinski definition) is 2. The lowest BCUT2D eigenvalue weighted by Crippen LogP contribution is -2.41. The van der Waals surface area contributed by atoms with Gasteiger partial charge in [-0.05, 0) is 18.4 Å². The molecule has 0 aliphatic heterocycles. The number of nitrogens with two attached hydrogens (primary N) is 1. The number of carbonyl (C=O) groups is 1. The molecule has 1 aromatic rings. The third-order valence-electron chi connectivity index (χ3n) is 2.78. The number of carbonyl (C=O) groups excluding carboxylic acids is 1. The predicted octanol–water partition coefficient (Wildman–Crippen LogP) is 1.84. The fourth-order valence-corrected chi connectivity index (χ4v) is 1.85. The van der Waals surface area contributed by atoms with E-state index in [-0.39, 0.29) is 23.8 Å². The van der Waals surface area contributed by atoms with Gasteiger partial charge in [-0.15, -0.1) is 0 Å². The Labute approximate surface area is 116 Å². The molecule has 0 spiro atoms. The minimum absolute atomic E-state index is 0.223. The second kappa shape index (κ2) is 6.95. The van der Waals surface area contributed by atoms with Gasteiger partial charge in [0, 0.05) is 24.7 Å². The molecular weight excluding hydrogens is 265 g/mol. The van der Waals surface area contributed by atoms with Crippen LogP contribution in [0.5, 0.6) is 0 Å². The molecule has 1 amide bonds. The van der Waals surface area contributed by atoms with Crippen molar-refractivity contribution in [3.63, 3.8) is 0 Å². The van der Waals surface area contributed by atoms with Gasteiger partial charge >= 0.3 is 0 Å². The molecule has 0 saturated heterocycles. The van der Waals surface area contributed by atoms with Crippen molar-refractivity contribution in [3.05, 3.63) is 39.7 Å². The quantitative estimate of drug-likeness (QED) is 0.614. The normalized spacial score (nSPS) is 12.2. The highest BCUT2D eigenvalue weighted by molar-refractivity contribution is 5.95. The molecule has 1 aromatic carbocycles. The molecule has 1 rings (SSSR count). The maximum Gasteiger partial charge on any atom is 0.270 e. The van der Waals surface area contributed by atoms with Crippen molar-refractivity contribution in [2.75, 3.05) is 6.54 Å². The molecule has 0 aliphatic rings. The van der Waals surface area contributed by atoms with Crippen LogP contribution in [0.3, 0.4) is 0 Å². The first-order valence-electron chi connectivity index (χ1n) is 6.30. The molecule has 0 aliphatic carbocycles. The van der Waals surface area contributed by atoms with E-state index in [1.54, 1.807) is 0 Å². The lowest BCUT2D eigenvalue weighted by molar-refractivity contribution is -0.384. The third-order valence-corrected chi connectivity index (χ3v) is 2.78. The molecule has 1 atom stereocenters. The van der Waals surface area contributed by atoms with Crippen molar-refractivity contribution < 1.29 is 14.1 Å². The van der Waals surface area contributed by atoms with Gasteiger partial charge in [0.15, 0.2) is 0 Å². The van der Waals surface area contributed by atoms with Crippen LogP contribution in [0, 0.1) is 21.8 Å². The molecule has 1 unspecified atom stereocenters. The van der Waals surface area contributed by atoms with Crippen molar-refractivity contribution in [1.82, 2.24) is 5.32 Å². The Kier molecular flexibility index (Phi) is 5.57. The van der Waals surface area contributed by atoms with E-state index < -0.39 is 16.6 Å². The zero-order valence-corrected chi connectivity index (χ0v) is 11.4. The SMILES string of the molecule is CC(C)CC(CN)NC(=O)c1cc([N+](=O)[O-])ccc1F. The van der Waals surface area contributed by atoms with E-state index in [4.69, 9.17) is 5.73 Å². The fourth-order valence-electron chi connectivity index (χ4n) is 1.85. The van der Waals surface area contributed by atoms with Crippen LogP contribution in [0.4, 0.5) is 10.1 Å². The summed E-state index contributed by atoms with van der Waals surface area (Å²) in [4.78, 5) is 21.9. The van der Waals surface area contributed by atoms with Gasteiger partial charge in [0.25, 0.3) is 11.6 Å². The molecule has 0 heterocycles. The van der Waals surface area contributed by atoms with E-state index in [1.165, 1.54) is 0 Å². The van der Waals surface area contributed by atoms with Gasteiger partial charge in [0.2, 0.25) is 0 Å². The highest BCUT2D eigenvalue weighted by Crippen LogP contribution is 2.17. The predicted molar refractivity (Wildman–Crippen MR) is 72.8 cm³/mol. The van der Waals surface area contributed by atoms with Crippen LogP contribution in [0.2, 0.25) is 0 Å². The summed E-state index contributed by atoms with van der Waals surface area (Å²) in [5.74, 6) is -1.17. The van der Waals surface area contributed by atoms with Crippen LogP contribution in [-0.2, 0) is 0 Å². The summed E-state index contributed by atoms with van der Waals surface area (Å²) < 4.78 is 13.6. The van der Waals surface area contributed by atoms with Crippen molar-refractivity contribution in [3.8, 4) is 0 Å². The Morgan fingerprint density at radius 2 is 2.15 bits per heavy atom. The highest BCUT2D eigenvalue weighted by Gasteiger charge is 2.19. The number of nitrogens with one attached hydrogen (secondary N) is 1. The molecule has 0 saturated carbocycles. The molecule has 0 aromatic heterocycles. The van der Waals surface area contributed by atoms with E-state index in [0.29, 0.717) is 12.3 Å². The fraction of sp³-hybridized carbons (Fsp3) is 0.462. The molecular formula is C13H18FN3O3. The number of non-ortho nitro benzene ring substituents is 1. The summed E-state index contributed by atoms with van der Waals surface area (Å²) in [5, 5.41) is 13.2. The Morgan fingerprint density at radius 3 is 2.65 bits per heavy atom. The van der Waals surface area contributed by atoms with Crippen LogP contribution in [0.15, 0.2) is 18.2 Å². The standard InChI is InChI=1S/C13H18FN3O3/c1-8(2)5-9(7-15)16-13(18)11-6-10(17(19)20)3-4-12(11)14/h3-4,6,8-9H,5,7,15H2,1-2H3,(H,16,18). The second-order valence-corrected chi connectivity index (χ2v) is 4.96. The number of nitro benzene ring substituents is 1. The van der Waals surface area contributed by atoms with Crippen LogP contribution in [-0.4, -0.2) is 23.4 Å². The second-order valence-electron chi connectivity index (χ2n) is 4.96. The molecule has 3 N–H and O–H groups in total. The molecule has 7 heteroatoms. The molecule has 0 fully saturated rings. The number of rotatable bonds is 6. The van der Waals surface area contributed by atoms with E-state index in [1.807, 2.05) is 13.8 Å². The minimum atomic E-state index is -0.798. The maximum atomic E-state index is 13.6. The van der Waals surface area contributed by atoms with E-state index in [2.05, 4.69) is 5.32 Å². The molecule has 110 valence electrons. The number of hydrogen-bond acceptors (Lipinski definition) is 4. The highest BCUT2D eigenvalue weighted by atomic mass is 19.1. The summed E-state index contributed by atoms with van der Waals surface area (Å²) in [6.07, 6.45) is 0.652. The van der Waals surface area contributed by atoms with Crippen LogP contribution >= 0.6 is 0 Å². The van der Waals surface area contributed by atoms with Gasteiger partial charge in [-0.1, -0.05) is 13.8 Å². The largest absolute Gasteiger partial charge is 0.348 e. The average molecular weight is 283 g/mol. The van der Waals surface area contributed by atoms with E-state index >= 15 is 0 Å². The third kappa shape index (κ3) is 4.27. The molecule has 0 bridgehead atoms. The summed E-state index contributed by atoms with van der Waals surface area (Å²) in [5.41, 5.74) is 4.87. The van der Waals surface area contributed by atoms with Gasteiger partial charge in [0.05, 0.1) is 10.5 Å². The van der Waals surface area contributed by atoms with Gasteiger partial charge in [-0.3, -0.25) is 14.9 Å². The van der Waals surface area contributed by atoms with E-state index in [9.17, 15) is 19.3 Å². The number of benzene rings is 1.